The Morgan fingerprint density at radius 3 is 2.85 bits per heavy atom. The molecule has 70 valence electrons. The zero-order valence-electron chi connectivity index (χ0n) is 7.30. The number of methoxy groups -OCH3 is 1. The number of halogens is 1. The quantitative estimate of drug-likeness (QED) is 0.762. The Kier molecular flexibility index (Phi) is 2.87. The number of nitrogen functional groups attached to an aromatic ring is 1. The predicted molar refractivity (Wildman–Crippen MR) is 52.4 cm³/mol. The van der Waals surface area contributed by atoms with E-state index in [-0.39, 0.29) is 5.82 Å². The van der Waals surface area contributed by atoms with Gasteiger partial charge in [0.1, 0.15) is 11.4 Å². The lowest BCUT2D eigenvalue weighted by molar-refractivity contribution is 0.0600. The minimum Gasteiger partial charge on any atom is -0.465 e. The summed E-state index contributed by atoms with van der Waals surface area (Å²) in [6.07, 6.45) is 1.55. The van der Waals surface area contributed by atoms with Crippen LogP contribution in [0.5, 0.6) is 0 Å². The fraction of sp³-hybridized carbons (Fsp3) is 0.250. The Hall–Kier alpha value is -1.10. The number of esters is 1. The van der Waals surface area contributed by atoms with Gasteiger partial charge in [-0.3, -0.25) is 0 Å². The Labute approximate surface area is 84.2 Å². The third-order valence-corrected chi connectivity index (χ3v) is 2.50. The van der Waals surface area contributed by atoms with Gasteiger partial charge in [-0.05, 0) is 28.4 Å². The Bertz CT molecular complexity index is 352. The van der Waals surface area contributed by atoms with Crippen LogP contribution in [0.15, 0.2) is 10.7 Å². The van der Waals surface area contributed by atoms with E-state index in [1.807, 2.05) is 0 Å². The molecule has 0 saturated heterocycles. The number of carbonyl (C=O) groups excluding carboxylic acids is 1. The molecule has 0 aromatic carbocycles. The highest BCUT2D eigenvalue weighted by Crippen LogP contribution is 2.22. The number of nitrogens with two attached hydrogens (primary N) is 1. The van der Waals surface area contributed by atoms with E-state index in [0.29, 0.717) is 5.56 Å². The maximum absolute atomic E-state index is 11.2. The molecule has 0 spiro atoms. The number of hydrogen-bond donors (Lipinski definition) is 1. The van der Waals surface area contributed by atoms with Crippen molar-refractivity contribution in [2.24, 2.45) is 0 Å². The molecule has 0 amide bonds. The minimum absolute atomic E-state index is 0.188. The lowest BCUT2D eigenvalue weighted by atomic mass is 10.1. The smallest absolute Gasteiger partial charge is 0.341 e. The number of aromatic nitrogens is 1. The topological polar surface area (TPSA) is 65.2 Å². The van der Waals surface area contributed by atoms with Gasteiger partial charge in [-0.25, -0.2) is 9.78 Å². The molecule has 4 nitrogen and oxygen atoms in total. The molecule has 0 saturated carbocycles. The summed E-state index contributed by atoms with van der Waals surface area (Å²) in [5.41, 5.74) is 6.59. The highest BCUT2D eigenvalue weighted by atomic mass is 79.9. The van der Waals surface area contributed by atoms with Crippen molar-refractivity contribution in [2.75, 3.05) is 12.8 Å². The molecule has 0 aliphatic carbocycles. The lowest BCUT2D eigenvalue weighted by Gasteiger charge is -2.07. The van der Waals surface area contributed by atoms with Gasteiger partial charge in [0.15, 0.2) is 0 Å². The maximum Gasteiger partial charge on any atom is 0.341 e. The van der Waals surface area contributed by atoms with Gasteiger partial charge in [0.25, 0.3) is 0 Å². The van der Waals surface area contributed by atoms with Gasteiger partial charge in [-0.2, -0.15) is 0 Å². The molecular formula is C8H9BrN2O2. The van der Waals surface area contributed by atoms with Gasteiger partial charge in [0.2, 0.25) is 0 Å². The van der Waals surface area contributed by atoms with Crippen molar-refractivity contribution in [3.05, 3.63) is 21.8 Å². The average Bonchev–Trinajstić information content (AvgIpc) is 2.12. The van der Waals surface area contributed by atoms with Crippen LogP contribution in [0.4, 0.5) is 5.82 Å². The summed E-state index contributed by atoms with van der Waals surface area (Å²) in [6.45, 7) is 1.77. The van der Waals surface area contributed by atoms with Crippen molar-refractivity contribution in [3.63, 3.8) is 0 Å². The maximum atomic E-state index is 11.2. The molecule has 1 heterocycles. The van der Waals surface area contributed by atoms with Crippen LogP contribution in [0, 0.1) is 6.92 Å². The number of hydrogen-bond acceptors (Lipinski definition) is 4. The highest BCUT2D eigenvalue weighted by Gasteiger charge is 2.15. The Morgan fingerprint density at radius 1 is 1.69 bits per heavy atom. The number of pyridine rings is 1. The van der Waals surface area contributed by atoms with Crippen LogP contribution in [0.3, 0.4) is 0 Å². The molecule has 0 radical (unpaired) electrons. The molecular weight excluding hydrogens is 236 g/mol. The first-order chi connectivity index (χ1) is 6.07. The van der Waals surface area contributed by atoms with E-state index in [1.165, 1.54) is 7.11 Å². The van der Waals surface area contributed by atoms with Gasteiger partial charge < -0.3 is 10.5 Å². The van der Waals surface area contributed by atoms with Gasteiger partial charge in [0.05, 0.1) is 7.11 Å². The zero-order chi connectivity index (χ0) is 10.0. The summed E-state index contributed by atoms with van der Waals surface area (Å²) in [4.78, 5) is 15.1. The van der Waals surface area contributed by atoms with E-state index < -0.39 is 5.97 Å². The van der Waals surface area contributed by atoms with E-state index in [0.717, 1.165) is 10.0 Å². The van der Waals surface area contributed by atoms with Crippen LogP contribution < -0.4 is 5.73 Å². The van der Waals surface area contributed by atoms with Gasteiger partial charge in [0, 0.05) is 10.7 Å². The first-order valence-electron chi connectivity index (χ1n) is 3.56. The number of rotatable bonds is 1. The van der Waals surface area contributed by atoms with Gasteiger partial charge in [-0.15, -0.1) is 0 Å². The van der Waals surface area contributed by atoms with Gasteiger partial charge in [-0.1, -0.05) is 0 Å². The SMILES string of the molecule is COC(=O)c1c(N)ncc(Br)c1C. The van der Waals surface area contributed by atoms with Crippen LogP contribution in [-0.2, 0) is 4.74 Å². The summed E-state index contributed by atoms with van der Waals surface area (Å²) in [5, 5.41) is 0. The predicted octanol–water partition coefficient (Wildman–Crippen LogP) is 1.52. The van der Waals surface area contributed by atoms with Crippen LogP contribution >= 0.6 is 15.9 Å². The summed E-state index contributed by atoms with van der Waals surface area (Å²) in [6, 6.07) is 0. The van der Waals surface area contributed by atoms with Crippen molar-refractivity contribution in [3.8, 4) is 0 Å². The molecule has 0 aliphatic rings. The second-order valence-electron chi connectivity index (χ2n) is 2.48. The van der Waals surface area contributed by atoms with Crippen LogP contribution in [0.25, 0.3) is 0 Å². The summed E-state index contributed by atoms with van der Waals surface area (Å²) >= 11 is 3.25. The fourth-order valence-corrected chi connectivity index (χ4v) is 1.26. The second kappa shape index (κ2) is 3.74. The van der Waals surface area contributed by atoms with Crippen molar-refractivity contribution in [1.29, 1.82) is 0 Å². The van der Waals surface area contributed by atoms with Crippen LogP contribution in [-0.4, -0.2) is 18.1 Å². The number of carbonyl (C=O) groups is 1. The molecule has 0 atom stereocenters. The van der Waals surface area contributed by atoms with Crippen molar-refractivity contribution >= 4 is 27.7 Å². The molecule has 1 rings (SSSR count). The minimum atomic E-state index is -0.469. The van der Waals surface area contributed by atoms with Crippen molar-refractivity contribution in [1.82, 2.24) is 4.98 Å². The summed E-state index contributed by atoms with van der Waals surface area (Å²) < 4.78 is 5.31. The molecule has 1 aromatic heterocycles. The second-order valence-corrected chi connectivity index (χ2v) is 3.34. The van der Waals surface area contributed by atoms with E-state index in [2.05, 4.69) is 25.7 Å². The first kappa shape index (κ1) is 9.98. The molecule has 0 bridgehead atoms. The monoisotopic (exact) mass is 244 g/mol. The summed E-state index contributed by atoms with van der Waals surface area (Å²) in [5.74, 6) is -0.281. The van der Waals surface area contributed by atoms with Gasteiger partial charge >= 0.3 is 5.97 Å². The standard InChI is InChI=1S/C8H9BrN2O2/c1-4-5(9)3-11-7(10)6(4)8(12)13-2/h3H,1-2H3,(H2,10,11). The molecule has 13 heavy (non-hydrogen) atoms. The molecule has 0 unspecified atom stereocenters. The largest absolute Gasteiger partial charge is 0.465 e. The number of anilines is 1. The third-order valence-electron chi connectivity index (χ3n) is 1.70. The average molecular weight is 245 g/mol. The molecule has 2 N–H and O–H groups in total. The summed E-state index contributed by atoms with van der Waals surface area (Å²) in [7, 11) is 1.31. The Balaban J connectivity index is 3.33. The normalized spacial score (nSPS) is 9.77. The van der Waals surface area contributed by atoms with Crippen molar-refractivity contribution in [2.45, 2.75) is 6.92 Å². The number of nitrogens with zero attached hydrogens (tertiary/aromatic N) is 1. The lowest BCUT2D eigenvalue weighted by Crippen LogP contribution is -2.09. The third kappa shape index (κ3) is 1.80. The molecule has 5 heteroatoms. The Morgan fingerprint density at radius 2 is 2.31 bits per heavy atom. The molecule has 0 fully saturated rings. The first-order valence-corrected chi connectivity index (χ1v) is 4.36. The van der Waals surface area contributed by atoms with E-state index in [4.69, 9.17) is 5.73 Å². The number of ether oxygens (including phenoxy) is 1. The van der Waals surface area contributed by atoms with E-state index in [9.17, 15) is 4.79 Å². The van der Waals surface area contributed by atoms with E-state index >= 15 is 0 Å². The zero-order valence-corrected chi connectivity index (χ0v) is 8.88. The van der Waals surface area contributed by atoms with Crippen LogP contribution in [0.1, 0.15) is 15.9 Å². The van der Waals surface area contributed by atoms with Crippen LogP contribution in [0.2, 0.25) is 0 Å². The van der Waals surface area contributed by atoms with E-state index in [1.54, 1.807) is 13.1 Å². The molecule has 1 aromatic rings. The molecule has 0 aliphatic heterocycles. The van der Waals surface area contributed by atoms with Crippen molar-refractivity contribution < 1.29 is 9.53 Å². The highest BCUT2D eigenvalue weighted by molar-refractivity contribution is 9.10. The fourth-order valence-electron chi connectivity index (χ4n) is 0.959.